The lowest BCUT2D eigenvalue weighted by atomic mass is 10.1. The predicted molar refractivity (Wildman–Crippen MR) is 135 cm³/mol. The van der Waals surface area contributed by atoms with Crippen molar-refractivity contribution in [3.05, 3.63) is 60.2 Å². The maximum atomic E-state index is 13.4. The van der Waals surface area contributed by atoms with E-state index < -0.39 is 29.7 Å². The lowest BCUT2D eigenvalue weighted by molar-refractivity contribution is -0.135. The van der Waals surface area contributed by atoms with Crippen molar-refractivity contribution in [2.75, 3.05) is 32.3 Å². The lowest BCUT2D eigenvalue weighted by Gasteiger charge is -2.27. The molecule has 0 bridgehead atoms. The van der Waals surface area contributed by atoms with Gasteiger partial charge in [0.1, 0.15) is 11.8 Å². The zero-order valence-corrected chi connectivity index (χ0v) is 21.0. The van der Waals surface area contributed by atoms with E-state index in [1.807, 2.05) is 6.92 Å². The van der Waals surface area contributed by atoms with Crippen molar-refractivity contribution >= 4 is 29.4 Å². The molecule has 3 rings (SSSR count). The Morgan fingerprint density at radius 3 is 2.38 bits per heavy atom. The predicted octanol–water partition coefficient (Wildman–Crippen LogP) is 2.84. The van der Waals surface area contributed by atoms with Gasteiger partial charge in [0.05, 0.1) is 32.9 Å². The number of anilines is 1. The third-order valence-corrected chi connectivity index (χ3v) is 5.81. The number of carbonyl (C=O) groups excluding carboxylic acids is 3. The van der Waals surface area contributed by atoms with E-state index in [0.29, 0.717) is 42.0 Å². The van der Waals surface area contributed by atoms with Crippen LogP contribution in [-0.2, 0) is 25.6 Å². The van der Waals surface area contributed by atoms with Gasteiger partial charge >= 0.3 is 5.97 Å². The summed E-state index contributed by atoms with van der Waals surface area (Å²) in [5, 5.41) is 8.96. The summed E-state index contributed by atoms with van der Waals surface area (Å²) in [6.07, 6.45) is 2.55. The molecule has 196 valence electrons. The first-order chi connectivity index (χ1) is 17.8. The fourth-order valence-corrected chi connectivity index (χ4v) is 3.99. The summed E-state index contributed by atoms with van der Waals surface area (Å²) in [5.74, 6) is -1.32. The minimum absolute atomic E-state index is 0.0690. The number of benzene rings is 2. The van der Waals surface area contributed by atoms with Crippen LogP contribution in [0.5, 0.6) is 17.2 Å². The molecule has 0 aliphatic carbocycles. The fourth-order valence-electron chi connectivity index (χ4n) is 3.99. The third-order valence-electron chi connectivity index (χ3n) is 5.81. The number of carboxylic acid groups (broad SMARTS) is 1. The zero-order chi connectivity index (χ0) is 26.9. The minimum Gasteiger partial charge on any atom is -0.494 e. The summed E-state index contributed by atoms with van der Waals surface area (Å²) < 4.78 is 16.1. The lowest BCUT2D eigenvalue weighted by Crippen LogP contribution is -2.46. The van der Waals surface area contributed by atoms with Gasteiger partial charge in [0, 0.05) is 18.7 Å². The first-order valence-electron chi connectivity index (χ1n) is 11.8. The van der Waals surface area contributed by atoms with E-state index >= 15 is 0 Å². The molecule has 1 N–H and O–H groups in total. The SMILES string of the molecule is CCCOc1ccc(N2C(=O)C[C@@H](N(CCc3ccc(OC)c(OC)c3)C(=O)/C=C/C(=O)O)C2=O)cc1. The third kappa shape index (κ3) is 6.66. The molecule has 1 aliphatic rings. The average molecular weight is 511 g/mol. The smallest absolute Gasteiger partial charge is 0.328 e. The number of carbonyl (C=O) groups is 4. The highest BCUT2D eigenvalue weighted by atomic mass is 16.5. The van der Waals surface area contributed by atoms with Crippen molar-refractivity contribution in [3.8, 4) is 17.2 Å². The number of hydrogen-bond donors (Lipinski definition) is 1. The van der Waals surface area contributed by atoms with Crippen LogP contribution in [0.1, 0.15) is 25.3 Å². The van der Waals surface area contributed by atoms with Crippen LogP contribution in [0, 0.1) is 0 Å². The van der Waals surface area contributed by atoms with Gasteiger partial charge in [-0.3, -0.25) is 14.4 Å². The number of methoxy groups -OCH3 is 2. The molecular formula is C27H30N2O8. The van der Waals surface area contributed by atoms with Gasteiger partial charge < -0.3 is 24.2 Å². The van der Waals surface area contributed by atoms with E-state index in [-0.39, 0.29) is 13.0 Å². The molecule has 2 aromatic carbocycles. The van der Waals surface area contributed by atoms with Crippen molar-refractivity contribution < 1.29 is 38.5 Å². The van der Waals surface area contributed by atoms with Crippen LogP contribution in [0.4, 0.5) is 5.69 Å². The van der Waals surface area contributed by atoms with E-state index in [1.54, 1.807) is 42.5 Å². The van der Waals surface area contributed by atoms with Gasteiger partial charge in [-0.25, -0.2) is 9.69 Å². The Labute approximate surface area is 215 Å². The van der Waals surface area contributed by atoms with Crippen molar-refractivity contribution in [2.45, 2.75) is 32.2 Å². The van der Waals surface area contributed by atoms with Crippen LogP contribution in [0.3, 0.4) is 0 Å². The number of carboxylic acids is 1. The summed E-state index contributed by atoms with van der Waals surface area (Å²) >= 11 is 0. The monoisotopic (exact) mass is 510 g/mol. The highest BCUT2D eigenvalue weighted by Gasteiger charge is 2.44. The maximum absolute atomic E-state index is 13.4. The second kappa shape index (κ2) is 12.6. The molecule has 0 unspecified atom stereocenters. The standard InChI is InChI=1S/C27H30N2O8/c1-4-15-37-20-8-6-19(7-9-20)29-25(31)17-21(27(29)34)28(24(30)11-12-26(32)33)14-13-18-5-10-22(35-2)23(16-18)36-3/h5-12,16,21H,4,13-15,17H2,1-3H3,(H,32,33)/b12-11+/t21-/m1/s1. The number of imide groups is 1. The number of hydrogen-bond acceptors (Lipinski definition) is 7. The summed E-state index contributed by atoms with van der Waals surface area (Å²) in [6.45, 7) is 2.60. The van der Waals surface area contributed by atoms with Crippen LogP contribution in [0.15, 0.2) is 54.6 Å². The van der Waals surface area contributed by atoms with Crippen LogP contribution >= 0.6 is 0 Å². The molecule has 0 saturated carbocycles. The van der Waals surface area contributed by atoms with Crippen molar-refractivity contribution in [1.29, 1.82) is 0 Å². The van der Waals surface area contributed by atoms with Crippen LogP contribution in [-0.4, -0.2) is 67.1 Å². The molecule has 1 fully saturated rings. The molecule has 2 aromatic rings. The highest BCUT2D eigenvalue weighted by molar-refractivity contribution is 6.23. The summed E-state index contributed by atoms with van der Waals surface area (Å²) in [6, 6.07) is 10.8. The van der Waals surface area contributed by atoms with Crippen molar-refractivity contribution in [2.24, 2.45) is 0 Å². The van der Waals surface area contributed by atoms with Crippen molar-refractivity contribution in [3.63, 3.8) is 0 Å². The molecule has 3 amide bonds. The van der Waals surface area contributed by atoms with Crippen molar-refractivity contribution in [1.82, 2.24) is 4.90 Å². The molecule has 10 heteroatoms. The van der Waals surface area contributed by atoms with Gasteiger partial charge in [0.15, 0.2) is 11.5 Å². The Hall–Kier alpha value is -4.34. The second-order valence-corrected chi connectivity index (χ2v) is 8.27. The highest BCUT2D eigenvalue weighted by Crippen LogP contribution is 2.30. The number of aliphatic carboxylic acids is 1. The van der Waals surface area contributed by atoms with Crippen LogP contribution in [0.2, 0.25) is 0 Å². The van der Waals surface area contributed by atoms with Gasteiger partial charge in [-0.2, -0.15) is 0 Å². The van der Waals surface area contributed by atoms with E-state index in [0.717, 1.165) is 23.0 Å². The zero-order valence-electron chi connectivity index (χ0n) is 21.0. The first-order valence-corrected chi connectivity index (χ1v) is 11.8. The second-order valence-electron chi connectivity index (χ2n) is 8.27. The molecule has 0 aromatic heterocycles. The molecule has 1 aliphatic heterocycles. The quantitative estimate of drug-likeness (QED) is 0.342. The van der Waals surface area contributed by atoms with Crippen LogP contribution in [0.25, 0.3) is 0 Å². The van der Waals surface area contributed by atoms with Gasteiger partial charge in [-0.1, -0.05) is 13.0 Å². The Balaban J connectivity index is 1.83. The maximum Gasteiger partial charge on any atom is 0.328 e. The number of ether oxygens (including phenoxy) is 3. The fraction of sp³-hybridized carbons (Fsp3) is 0.333. The van der Waals surface area contributed by atoms with E-state index in [9.17, 15) is 19.2 Å². The van der Waals surface area contributed by atoms with Gasteiger partial charge in [0.2, 0.25) is 11.8 Å². The molecule has 37 heavy (non-hydrogen) atoms. The Bertz CT molecular complexity index is 1180. The largest absolute Gasteiger partial charge is 0.494 e. The van der Waals surface area contributed by atoms with E-state index in [2.05, 4.69) is 0 Å². The molecule has 0 radical (unpaired) electrons. The molecule has 1 heterocycles. The Morgan fingerprint density at radius 2 is 1.76 bits per heavy atom. The topological polar surface area (TPSA) is 123 Å². The van der Waals surface area contributed by atoms with Gasteiger partial charge in [-0.05, 0) is 54.8 Å². The van der Waals surface area contributed by atoms with Gasteiger partial charge in [0.25, 0.3) is 5.91 Å². The molecular weight excluding hydrogens is 480 g/mol. The molecule has 1 saturated heterocycles. The molecule has 10 nitrogen and oxygen atoms in total. The number of amides is 3. The van der Waals surface area contributed by atoms with Gasteiger partial charge in [-0.15, -0.1) is 0 Å². The van der Waals surface area contributed by atoms with E-state index in [4.69, 9.17) is 19.3 Å². The first kappa shape index (κ1) is 27.3. The van der Waals surface area contributed by atoms with Crippen LogP contribution < -0.4 is 19.1 Å². The average Bonchev–Trinajstić information content (AvgIpc) is 3.19. The summed E-state index contributed by atoms with van der Waals surface area (Å²) in [4.78, 5) is 52.4. The van der Waals surface area contributed by atoms with E-state index in [1.165, 1.54) is 19.1 Å². The molecule has 1 atom stereocenters. The summed E-state index contributed by atoms with van der Waals surface area (Å²) in [7, 11) is 3.03. The number of rotatable bonds is 12. The minimum atomic E-state index is -1.30. The summed E-state index contributed by atoms with van der Waals surface area (Å²) in [5.41, 5.74) is 1.17. The number of nitrogens with zero attached hydrogens (tertiary/aromatic N) is 2. The molecule has 0 spiro atoms. The normalized spacial score (nSPS) is 15.2. The Morgan fingerprint density at radius 1 is 1.05 bits per heavy atom. The Kier molecular flexibility index (Phi) is 9.26.